The minimum Gasteiger partial charge on any atom is -0.444 e. The SMILES string of the molecule is CC(C)CC1NC(=O)OC1C. The van der Waals surface area contributed by atoms with Crippen LogP contribution in [0.3, 0.4) is 0 Å². The second kappa shape index (κ2) is 3.11. The van der Waals surface area contributed by atoms with E-state index in [-0.39, 0.29) is 18.2 Å². The van der Waals surface area contributed by atoms with Gasteiger partial charge in [0.25, 0.3) is 0 Å². The van der Waals surface area contributed by atoms with Gasteiger partial charge >= 0.3 is 6.09 Å². The number of amides is 1. The lowest BCUT2D eigenvalue weighted by molar-refractivity contribution is 0.138. The van der Waals surface area contributed by atoms with Gasteiger partial charge in [-0.1, -0.05) is 13.8 Å². The molecule has 1 rings (SSSR count). The van der Waals surface area contributed by atoms with Crippen LogP contribution in [0.4, 0.5) is 4.79 Å². The fraction of sp³-hybridized carbons (Fsp3) is 0.875. The number of hydrogen-bond acceptors (Lipinski definition) is 2. The lowest BCUT2D eigenvalue weighted by Gasteiger charge is -2.14. The summed E-state index contributed by atoms with van der Waals surface area (Å²) < 4.78 is 4.92. The molecule has 0 radical (unpaired) electrons. The van der Waals surface area contributed by atoms with Crippen LogP contribution in [-0.4, -0.2) is 18.2 Å². The molecule has 1 saturated heterocycles. The third-order valence-corrected chi connectivity index (χ3v) is 1.89. The van der Waals surface area contributed by atoms with Gasteiger partial charge in [-0.15, -0.1) is 0 Å². The number of cyclic esters (lactones) is 1. The minimum atomic E-state index is -0.275. The van der Waals surface area contributed by atoms with E-state index in [0.29, 0.717) is 5.92 Å². The maximum Gasteiger partial charge on any atom is 0.407 e. The summed E-state index contributed by atoms with van der Waals surface area (Å²) in [6.45, 7) is 6.19. The zero-order valence-corrected chi connectivity index (χ0v) is 7.26. The standard InChI is InChI=1S/C8H15NO2/c1-5(2)4-7-6(3)11-8(10)9-7/h5-7H,4H2,1-3H3,(H,9,10). The Morgan fingerprint density at radius 2 is 2.27 bits per heavy atom. The molecule has 0 spiro atoms. The van der Waals surface area contributed by atoms with Gasteiger partial charge in [-0.2, -0.15) is 0 Å². The number of nitrogens with one attached hydrogen (secondary N) is 1. The quantitative estimate of drug-likeness (QED) is 0.660. The van der Waals surface area contributed by atoms with Crippen molar-refractivity contribution in [3.05, 3.63) is 0 Å². The van der Waals surface area contributed by atoms with E-state index < -0.39 is 0 Å². The average Bonchev–Trinajstić information content (AvgIpc) is 2.09. The van der Waals surface area contributed by atoms with Crippen LogP contribution in [0.5, 0.6) is 0 Å². The predicted molar refractivity (Wildman–Crippen MR) is 42.3 cm³/mol. The number of carbonyl (C=O) groups is 1. The first kappa shape index (κ1) is 8.37. The van der Waals surface area contributed by atoms with E-state index in [2.05, 4.69) is 19.2 Å². The fourth-order valence-corrected chi connectivity index (χ4v) is 1.31. The summed E-state index contributed by atoms with van der Waals surface area (Å²) in [6, 6.07) is 0.211. The summed E-state index contributed by atoms with van der Waals surface area (Å²) in [4.78, 5) is 10.7. The fourth-order valence-electron chi connectivity index (χ4n) is 1.31. The number of carbonyl (C=O) groups excluding carboxylic acids is 1. The molecule has 0 aliphatic carbocycles. The van der Waals surface area contributed by atoms with E-state index in [4.69, 9.17) is 4.74 Å². The van der Waals surface area contributed by atoms with Gasteiger partial charge in [-0.25, -0.2) is 4.79 Å². The summed E-state index contributed by atoms with van der Waals surface area (Å²) >= 11 is 0. The summed E-state index contributed by atoms with van der Waals surface area (Å²) in [5.74, 6) is 0.601. The molecular formula is C8H15NO2. The number of hydrogen-bond donors (Lipinski definition) is 1. The van der Waals surface area contributed by atoms with Crippen molar-refractivity contribution in [2.24, 2.45) is 5.92 Å². The monoisotopic (exact) mass is 157 g/mol. The van der Waals surface area contributed by atoms with Crippen LogP contribution < -0.4 is 5.32 Å². The summed E-state index contributed by atoms with van der Waals surface area (Å²) in [5, 5.41) is 2.77. The first-order chi connectivity index (χ1) is 5.09. The van der Waals surface area contributed by atoms with Gasteiger partial charge in [0.15, 0.2) is 0 Å². The first-order valence-electron chi connectivity index (χ1n) is 4.06. The molecule has 2 atom stereocenters. The van der Waals surface area contributed by atoms with E-state index in [0.717, 1.165) is 6.42 Å². The molecule has 3 heteroatoms. The minimum absolute atomic E-state index is 0.0323. The van der Waals surface area contributed by atoms with Gasteiger partial charge in [0.05, 0.1) is 6.04 Å². The highest BCUT2D eigenvalue weighted by Gasteiger charge is 2.30. The second-order valence-corrected chi connectivity index (χ2v) is 3.49. The van der Waals surface area contributed by atoms with Crippen LogP contribution in [0.2, 0.25) is 0 Å². The molecule has 1 amide bonds. The molecule has 0 bridgehead atoms. The van der Waals surface area contributed by atoms with Crippen molar-refractivity contribution in [1.29, 1.82) is 0 Å². The van der Waals surface area contributed by atoms with Crippen molar-refractivity contribution in [3.63, 3.8) is 0 Å². The molecule has 3 nitrogen and oxygen atoms in total. The Bertz CT molecular complexity index is 156. The number of ether oxygens (including phenoxy) is 1. The van der Waals surface area contributed by atoms with Gasteiger partial charge in [-0.3, -0.25) is 0 Å². The molecule has 0 aromatic carbocycles. The van der Waals surface area contributed by atoms with E-state index in [9.17, 15) is 4.79 Å². The first-order valence-corrected chi connectivity index (χ1v) is 4.06. The summed E-state index contributed by atoms with van der Waals surface area (Å²) in [6.07, 6.45) is 0.750. The molecule has 1 aliphatic heterocycles. The van der Waals surface area contributed by atoms with Crippen molar-refractivity contribution in [2.75, 3.05) is 0 Å². The van der Waals surface area contributed by atoms with Crippen LogP contribution in [0.1, 0.15) is 27.2 Å². The average molecular weight is 157 g/mol. The third-order valence-electron chi connectivity index (χ3n) is 1.89. The smallest absolute Gasteiger partial charge is 0.407 e. The number of alkyl carbamates (subject to hydrolysis) is 1. The van der Waals surface area contributed by atoms with Crippen LogP contribution >= 0.6 is 0 Å². The van der Waals surface area contributed by atoms with Crippen LogP contribution in [-0.2, 0) is 4.74 Å². The Labute approximate surface area is 67.1 Å². The molecule has 0 aromatic heterocycles. The Hall–Kier alpha value is -0.730. The van der Waals surface area contributed by atoms with Crippen molar-refractivity contribution in [2.45, 2.75) is 39.3 Å². The molecule has 1 fully saturated rings. The topological polar surface area (TPSA) is 38.3 Å². The van der Waals surface area contributed by atoms with E-state index in [1.807, 2.05) is 6.92 Å². The molecule has 1 heterocycles. The summed E-state index contributed by atoms with van der Waals surface area (Å²) in [5.41, 5.74) is 0. The van der Waals surface area contributed by atoms with Crippen LogP contribution in [0.25, 0.3) is 0 Å². The highest BCUT2D eigenvalue weighted by molar-refractivity contribution is 5.70. The summed E-state index contributed by atoms with van der Waals surface area (Å²) in [7, 11) is 0. The molecular weight excluding hydrogens is 142 g/mol. The van der Waals surface area contributed by atoms with Gasteiger partial charge in [0.2, 0.25) is 0 Å². The lowest BCUT2D eigenvalue weighted by Crippen LogP contribution is -2.31. The Morgan fingerprint density at radius 1 is 1.64 bits per heavy atom. The van der Waals surface area contributed by atoms with Crippen LogP contribution in [0.15, 0.2) is 0 Å². The molecule has 1 N–H and O–H groups in total. The van der Waals surface area contributed by atoms with Crippen molar-refractivity contribution < 1.29 is 9.53 Å². The van der Waals surface area contributed by atoms with E-state index in [1.54, 1.807) is 0 Å². The van der Waals surface area contributed by atoms with Crippen molar-refractivity contribution in [1.82, 2.24) is 5.32 Å². The maximum absolute atomic E-state index is 10.7. The van der Waals surface area contributed by atoms with Crippen LogP contribution in [0, 0.1) is 5.92 Å². The zero-order chi connectivity index (χ0) is 8.43. The molecule has 64 valence electrons. The Morgan fingerprint density at radius 3 is 2.64 bits per heavy atom. The van der Waals surface area contributed by atoms with E-state index in [1.165, 1.54) is 0 Å². The van der Waals surface area contributed by atoms with Crippen molar-refractivity contribution >= 4 is 6.09 Å². The van der Waals surface area contributed by atoms with Gasteiger partial charge < -0.3 is 10.1 Å². The maximum atomic E-state index is 10.7. The zero-order valence-electron chi connectivity index (χ0n) is 7.26. The Balaban J connectivity index is 2.40. The molecule has 0 saturated carbocycles. The molecule has 1 aliphatic rings. The molecule has 0 aromatic rings. The normalized spacial score (nSPS) is 30.4. The molecule has 11 heavy (non-hydrogen) atoms. The lowest BCUT2D eigenvalue weighted by atomic mass is 10.0. The highest BCUT2D eigenvalue weighted by atomic mass is 16.6. The van der Waals surface area contributed by atoms with Crippen molar-refractivity contribution in [3.8, 4) is 0 Å². The predicted octanol–water partition coefficient (Wildman–Crippen LogP) is 1.53. The van der Waals surface area contributed by atoms with E-state index >= 15 is 0 Å². The molecule has 2 unspecified atom stereocenters. The largest absolute Gasteiger partial charge is 0.444 e. The van der Waals surface area contributed by atoms with Gasteiger partial charge in [0, 0.05) is 0 Å². The number of rotatable bonds is 2. The van der Waals surface area contributed by atoms with Gasteiger partial charge in [0.1, 0.15) is 6.10 Å². The third kappa shape index (κ3) is 2.10. The van der Waals surface area contributed by atoms with Gasteiger partial charge in [-0.05, 0) is 19.3 Å². The second-order valence-electron chi connectivity index (χ2n) is 3.49. The Kier molecular flexibility index (Phi) is 2.37. The highest BCUT2D eigenvalue weighted by Crippen LogP contribution is 2.15.